The van der Waals surface area contributed by atoms with Crippen LogP contribution in [0.1, 0.15) is 316 Å². The minimum Gasteiger partial charge on any atom is -0.462 e. The Labute approximate surface area is 440 Å². The lowest BCUT2D eigenvalue weighted by molar-refractivity contribution is -0.167. The summed E-state index contributed by atoms with van der Waals surface area (Å²) in [4.78, 5) is 38.2. The molecule has 0 spiro atoms. The van der Waals surface area contributed by atoms with Gasteiger partial charge in [0.2, 0.25) is 0 Å². The zero-order valence-electron chi connectivity index (χ0n) is 47.2. The van der Waals surface area contributed by atoms with Gasteiger partial charge >= 0.3 is 17.9 Å². The van der Waals surface area contributed by atoms with Crippen molar-refractivity contribution in [2.45, 2.75) is 322 Å². The molecule has 0 aromatic rings. The van der Waals surface area contributed by atoms with E-state index in [1.54, 1.807) is 0 Å². The Bertz CT molecular complexity index is 1280. The minimum atomic E-state index is -0.797. The average molecular weight is 994 g/mol. The summed E-state index contributed by atoms with van der Waals surface area (Å²) in [5.41, 5.74) is 0. The molecule has 71 heavy (non-hydrogen) atoms. The predicted molar refractivity (Wildman–Crippen MR) is 307 cm³/mol. The molecular formula is C65H116O6. The maximum absolute atomic E-state index is 12.9. The van der Waals surface area contributed by atoms with Crippen LogP contribution >= 0.6 is 0 Å². The molecule has 0 radical (unpaired) electrons. The van der Waals surface area contributed by atoms with Crippen LogP contribution in [0.4, 0.5) is 0 Å². The first-order valence-corrected chi connectivity index (χ1v) is 30.8. The van der Waals surface area contributed by atoms with E-state index < -0.39 is 6.10 Å². The monoisotopic (exact) mass is 993 g/mol. The second-order valence-corrected chi connectivity index (χ2v) is 20.6. The molecule has 0 N–H and O–H groups in total. The van der Waals surface area contributed by atoms with Crippen molar-refractivity contribution in [1.82, 2.24) is 0 Å². The molecule has 412 valence electrons. The number of hydrogen-bond acceptors (Lipinski definition) is 6. The molecule has 0 unspecified atom stereocenters. The van der Waals surface area contributed by atoms with Crippen molar-refractivity contribution in [1.29, 1.82) is 0 Å². The van der Waals surface area contributed by atoms with Crippen LogP contribution in [0.15, 0.2) is 60.8 Å². The smallest absolute Gasteiger partial charge is 0.306 e. The van der Waals surface area contributed by atoms with Crippen molar-refractivity contribution in [2.24, 2.45) is 0 Å². The highest BCUT2D eigenvalue weighted by molar-refractivity contribution is 5.71. The van der Waals surface area contributed by atoms with Crippen molar-refractivity contribution in [3.8, 4) is 0 Å². The van der Waals surface area contributed by atoms with Gasteiger partial charge in [0.05, 0.1) is 0 Å². The molecule has 6 nitrogen and oxygen atoms in total. The third-order valence-corrected chi connectivity index (χ3v) is 13.5. The molecule has 0 bridgehead atoms. The van der Waals surface area contributed by atoms with Crippen LogP contribution in [0.5, 0.6) is 0 Å². The summed E-state index contributed by atoms with van der Waals surface area (Å²) in [6.45, 7) is 6.59. The van der Waals surface area contributed by atoms with E-state index >= 15 is 0 Å². The van der Waals surface area contributed by atoms with Gasteiger partial charge in [-0.2, -0.15) is 0 Å². The lowest BCUT2D eigenvalue weighted by Crippen LogP contribution is -2.30. The maximum atomic E-state index is 12.9. The highest BCUT2D eigenvalue weighted by Crippen LogP contribution is 2.17. The molecule has 0 rings (SSSR count). The van der Waals surface area contributed by atoms with Gasteiger partial charge in [0.1, 0.15) is 13.2 Å². The lowest BCUT2D eigenvalue weighted by Gasteiger charge is -2.18. The second kappa shape index (κ2) is 59.7. The van der Waals surface area contributed by atoms with Crippen LogP contribution in [0.25, 0.3) is 0 Å². The summed E-state index contributed by atoms with van der Waals surface area (Å²) < 4.78 is 16.9. The molecule has 0 amide bonds. The molecule has 0 aliphatic rings. The van der Waals surface area contributed by atoms with Gasteiger partial charge in [-0.1, -0.05) is 274 Å². The topological polar surface area (TPSA) is 78.9 Å². The molecule has 0 aliphatic carbocycles. The van der Waals surface area contributed by atoms with Crippen molar-refractivity contribution >= 4 is 17.9 Å². The molecule has 0 aromatic heterocycles. The Balaban J connectivity index is 4.38. The van der Waals surface area contributed by atoms with E-state index in [1.807, 2.05) is 0 Å². The van der Waals surface area contributed by atoms with E-state index in [0.29, 0.717) is 19.3 Å². The first-order chi connectivity index (χ1) is 35.0. The minimum absolute atomic E-state index is 0.0899. The van der Waals surface area contributed by atoms with Crippen LogP contribution in [0, 0.1) is 0 Å². The number of hydrogen-bond donors (Lipinski definition) is 0. The van der Waals surface area contributed by atoms with Gasteiger partial charge in [-0.25, -0.2) is 0 Å². The highest BCUT2D eigenvalue weighted by atomic mass is 16.6. The fraction of sp³-hybridized carbons (Fsp3) is 0.800. The lowest BCUT2D eigenvalue weighted by atomic mass is 10.0. The Morgan fingerprint density at radius 3 is 0.901 bits per heavy atom. The Kier molecular flexibility index (Phi) is 57.2. The Hall–Kier alpha value is -2.89. The van der Waals surface area contributed by atoms with E-state index in [4.69, 9.17) is 14.2 Å². The third kappa shape index (κ3) is 57.9. The quantitative estimate of drug-likeness (QED) is 0.0261. The fourth-order valence-corrected chi connectivity index (χ4v) is 8.84. The van der Waals surface area contributed by atoms with Crippen LogP contribution in [0.3, 0.4) is 0 Å². The van der Waals surface area contributed by atoms with Gasteiger partial charge in [0, 0.05) is 19.3 Å². The Morgan fingerprint density at radius 1 is 0.282 bits per heavy atom. The van der Waals surface area contributed by atoms with Gasteiger partial charge in [-0.15, -0.1) is 0 Å². The van der Waals surface area contributed by atoms with Crippen molar-refractivity contribution in [3.05, 3.63) is 60.8 Å². The van der Waals surface area contributed by atoms with E-state index in [9.17, 15) is 14.4 Å². The number of allylic oxidation sites excluding steroid dienone is 10. The third-order valence-electron chi connectivity index (χ3n) is 13.5. The van der Waals surface area contributed by atoms with Crippen LogP contribution in [-0.4, -0.2) is 37.2 Å². The number of esters is 3. The van der Waals surface area contributed by atoms with Gasteiger partial charge in [-0.3, -0.25) is 14.4 Å². The summed E-state index contributed by atoms with van der Waals surface area (Å²) in [5, 5.41) is 0. The second-order valence-electron chi connectivity index (χ2n) is 20.6. The van der Waals surface area contributed by atoms with E-state index in [0.717, 1.165) is 64.2 Å². The van der Waals surface area contributed by atoms with Gasteiger partial charge in [0.15, 0.2) is 6.10 Å². The van der Waals surface area contributed by atoms with Crippen molar-refractivity contribution in [3.63, 3.8) is 0 Å². The SMILES string of the molecule is CCCCC/C=C\C/C=C\C/C=C\C/C=C\CCCC(=O)OC[C@H](COC(=O)CCCCCCCCCCCCCCCCCCCCCCC)OC(=O)CCCCCCCCC/C=C\CCCCCC. The predicted octanol–water partition coefficient (Wildman–Crippen LogP) is 20.8. The van der Waals surface area contributed by atoms with E-state index in [2.05, 4.69) is 81.5 Å². The van der Waals surface area contributed by atoms with Gasteiger partial charge in [-0.05, 0) is 83.5 Å². The average Bonchev–Trinajstić information content (AvgIpc) is 3.37. The number of carbonyl (C=O) groups is 3. The largest absolute Gasteiger partial charge is 0.462 e. The van der Waals surface area contributed by atoms with Crippen molar-refractivity contribution in [2.75, 3.05) is 13.2 Å². The highest BCUT2D eigenvalue weighted by Gasteiger charge is 2.19. The summed E-state index contributed by atoms with van der Waals surface area (Å²) >= 11 is 0. The van der Waals surface area contributed by atoms with Crippen LogP contribution < -0.4 is 0 Å². The first-order valence-electron chi connectivity index (χ1n) is 30.8. The number of carbonyl (C=O) groups excluding carboxylic acids is 3. The summed E-state index contributed by atoms with van der Waals surface area (Å²) in [5.74, 6) is -0.938. The summed E-state index contributed by atoms with van der Waals surface area (Å²) in [6, 6.07) is 0. The van der Waals surface area contributed by atoms with Crippen LogP contribution in [0.2, 0.25) is 0 Å². The molecule has 1 atom stereocenters. The van der Waals surface area contributed by atoms with Gasteiger partial charge < -0.3 is 14.2 Å². The van der Waals surface area contributed by atoms with Crippen molar-refractivity contribution < 1.29 is 28.6 Å². The standard InChI is InChI=1S/C65H116O6/c1-4-7-10-13-16-19-22-25-28-30-31-32-33-35-38-40-43-46-49-52-55-58-64(67)70-61-62(71-65(68)59-56-53-50-47-44-41-36-27-24-21-18-15-12-9-6-3)60-69-63(66)57-54-51-48-45-42-39-37-34-29-26-23-20-17-14-11-8-5-2/h17,20-21,24,26,29,37,39,45,48,62H,4-16,18-19,22-23,25,27-28,30-36,38,40-44,46-47,49-61H2,1-3H3/b20-17-,24-21-,29-26-,39-37-,48-45-/t62-/m1/s1. The molecule has 0 aromatic carbocycles. The van der Waals surface area contributed by atoms with Gasteiger partial charge in [0.25, 0.3) is 0 Å². The molecule has 0 aliphatic heterocycles. The zero-order valence-corrected chi connectivity index (χ0v) is 47.2. The molecule has 0 saturated heterocycles. The molecule has 0 heterocycles. The molecule has 0 fully saturated rings. The number of ether oxygens (including phenoxy) is 3. The van der Waals surface area contributed by atoms with E-state index in [-0.39, 0.29) is 37.5 Å². The first kappa shape index (κ1) is 68.1. The Morgan fingerprint density at radius 2 is 0.521 bits per heavy atom. The number of unbranched alkanes of at least 4 members (excludes halogenated alkanes) is 35. The number of rotatable bonds is 56. The molecule has 0 saturated carbocycles. The normalized spacial score (nSPS) is 12.4. The maximum Gasteiger partial charge on any atom is 0.306 e. The van der Waals surface area contributed by atoms with E-state index in [1.165, 1.54) is 205 Å². The molecular weight excluding hydrogens is 877 g/mol. The van der Waals surface area contributed by atoms with Crippen LogP contribution in [-0.2, 0) is 28.6 Å². The fourth-order valence-electron chi connectivity index (χ4n) is 8.84. The zero-order chi connectivity index (χ0) is 51.4. The summed E-state index contributed by atoms with van der Waals surface area (Å²) in [7, 11) is 0. The molecule has 6 heteroatoms. The summed E-state index contributed by atoms with van der Waals surface area (Å²) in [6.07, 6.45) is 75.1.